The van der Waals surface area contributed by atoms with Crippen LogP contribution in [0.5, 0.6) is 0 Å². The summed E-state index contributed by atoms with van der Waals surface area (Å²) in [5.74, 6) is 0. The SMILES string of the molecule is O=P(O)(O)CC=S. The van der Waals surface area contributed by atoms with Crippen molar-refractivity contribution < 1.29 is 14.4 Å². The smallest absolute Gasteiger partial charge is 0.324 e. The van der Waals surface area contributed by atoms with Crippen LogP contribution in [0.1, 0.15) is 0 Å². The Morgan fingerprint density at radius 1 is 1.71 bits per heavy atom. The van der Waals surface area contributed by atoms with Crippen molar-refractivity contribution >= 4 is 25.2 Å². The molecule has 2 N–H and O–H groups in total. The molecule has 3 nitrogen and oxygen atoms in total. The van der Waals surface area contributed by atoms with Crippen LogP contribution >= 0.6 is 19.8 Å². The van der Waals surface area contributed by atoms with Crippen molar-refractivity contribution in [1.29, 1.82) is 0 Å². The average molecular weight is 140 g/mol. The van der Waals surface area contributed by atoms with Crippen LogP contribution in [0, 0.1) is 0 Å². The predicted octanol–water partition coefficient (Wildman–Crippen LogP) is 0.164. The molecule has 0 aliphatic carbocycles. The largest absolute Gasteiger partial charge is 0.330 e. The molecule has 0 aromatic rings. The van der Waals surface area contributed by atoms with Crippen LogP contribution in [0.3, 0.4) is 0 Å². The van der Waals surface area contributed by atoms with Gasteiger partial charge in [-0.1, -0.05) is 12.2 Å². The monoisotopic (exact) mass is 140 g/mol. The molecule has 0 aromatic carbocycles. The Morgan fingerprint density at radius 3 is 2.14 bits per heavy atom. The van der Waals surface area contributed by atoms with Crippen molar-refractivity contribution in [3.63, 3.8) is 0 Å². The second-order valence-corrected chi connectivity index (χ2v) is 3.04. The minimum atomic E-state index is -3.83. The van der Waals surface area contributed by atoms with Gasteiger partial charge in [-0.3, -0.25) is 4.57 Å². The molecule has 42 valence electrons. The summed E-state index contributed by atoms with van der Waals surface area (Å²) >= 11 is 4.18. The van der Waals surface area contributed by atoms with Gasteiger partial charge in [0, 0.05) is 0 Å². The van der Waals surface area contributed by atoms with Crippen molar-refractivity contribution in [3.8, 4) is 0 Å². The van der Waals surface area contributed by atoms with Crippen LogP contribution in [0.2, 0.25) is 0 Å². The van der Waals surface area contributed by atoms with Crippen LogP contribution < -0.4 is 0 Å². The summed E-state index contributed by atoms with van der Waals surface area (Å²) in [6.07, 6.45) is -0.303. The molecule has 0 radical (unpaired) electrons. The van der Waals surface area contributed by atoms with E-state index >= 15 is 0 Å². The number of rotatable bonds is 2. The third-order valence-electron chi connectivity index (χ3n) is 0.312. The highest BCUT2D eigenvalue weighted by molar-refractivity contribution is 7.79. The van der Waals surface area contributed by atoms with E-state index in [9.17, 15) is 4.57 Å². The fourth-order valence-corrected chi connectivity index (χ4v) is 0.874. The molecule has 0 saturated carbocycles. The third kappa shape index (κ3) is 6.24. The summed E-state index contributed by atoms with van der Waals surface area (Å²) in [5.41, 5.74) is 0. The molecule has 0 fully saturated rings. The standard InChI is InChI=1S/C2H5O3PS/c3-6(4,5)1-2-7/h2H,1H2,(H2,3,4,5). The first kappa shape index (κ1) is 7.24. The Bertz CT molecular complexity index is 106. The highest BCUT2D eigenvalue weighted by Crippen LogP contribution is 2.32. The van der Waals surface area contributed by atoms with Crippen molar-refractivity contribution in [2.24, 2.45) is 0 Å². The number of hydrogen-bond donors (Lipinski definition) is 2. The molecular formula is C2H5O3PS. The lowest BCUT2D eigenvalue weighted by Crippen LogP contribution is -1.84. The molecule has 0 saturated heterocycles. The average Bonchev–Trinajstić information content (AvgIpc) is 1.30. The maximum absolute atomic E-state index is 9.83. The molecule has 0 bridgehead atoms. The Labute approximate surface area is 46.5 Å². The Balaban J connectivity index is 3.57. The van der Waals surface area contributed by atoms with Crippen LogP contribution in [-0.2, 0) is 4.57 Å². The lowest BCUT2D eigenvalue weighted by molar-refractivity contribution is 0.378. The van der Waals surface area contributed by atoms with E-state index in [4.69, 9.17) is 9.79 Å². The topological polar surface area (TPSA) is 57.5 Å². The van der Waals surface area contributed by atoms with E-state index in [0.717, 1.165) is 5.37 Å². The molecular weight excluding hydrogens is 135 g/mol. The minimum Gasteiger partial charge on any atom is -0.324 e. The minimum absolute atomic E-state index is 0.303. The molecule has 0 aliphatic rings. The second-order valence-electron chi connectivity index (χ2n) is 1.01. The van der Waals surface area contributed by atoms with E-state index in [2.05, 4.69) is 12.2 Å². The lowest BCUT2D eigenvalue weighted by Gasteiger charge is -1.93. The molecule has 0 aromatic heterocycles. The van der Waals surface area contributed by atoms with E-state index < -0.39 is 7.60 Å². The van der Waals surface area contributed by atoms with Gasteiger partial charge in [0.15, 0.2) is 0 Å². The molecule has 0 spiro atoms. The zero-order valence-corrected chi connectivity index (χ0v) is 5.15. The van der Waals surface area contributed by atoms with E-state index in [1.54, 1.807) is 0 Å². The van der Waals surface area contributed by atoms with Gasteiger partial charge in [0.2, 0.25) is 0 Å². The first-order chi connectivity index (χ1) is 3.06. The fourth-order valence-electron chi connectivity index (χ4n) is 0.0971. The molecule has 0 atom stereocenters. The van der Waals surface area contributed by atoms with Crippen molar-refractivity contribution in [1.82, 2.24) is 0 Å². The molecule has 0 unspecified atom stereocenters. The summed E-state index contributed by atoms with van der Waals surface area (Å²) in [6, 6.07) is 0. The molecule has 0 amide bonds. The molecule has 7 heavy (non-hydrogen) atoms. The third-order valence-corrected chi connectivity index (χ3v) is 1.38. The first-order valence-electron chi connectivity index (χ1n) is 1.54. The van der Waals surface area contributed by atoms with Gasteiger partial charge in [-0.05, 0) is 5.37 Å². The molecule has 0 rings (SSSR count). The van der Waals surface area contributed by atoms with Gasteiger partial charge in [0.25, 0.3) is 0 Å². The van der Waals surface area contributed by atoms with E-state index in [1.807, 2.05) is 0 Å². The Morgan fingerprint density at radius 2 is 2.14 bits per heavy atom. The van der Waals surface area contributed by atoms with Gasteiger partial charge < -0.3 is 9.79 Å². The quantitative estimate of drug-likeness (QED) is 0.424. The van der Waals surface area contributed by atoms with Crippen LogP contribution in [0.4, 0.5) is 0 Å². The first-order valence-corrected chi connectivity index (χ1v) is 3.81. The maximum atomic E-state index is 9.83. The zero-order valence-electron chi connectivity index (χ0n) is 3.44. The summed E-state index contributed by atoms with van der Waals surface area (Å²) < 4.78 is 9.83. The second kappa shape index (κ2) is 2.52. The van der Waals surface area contributed by atoms with Gasteiger partial charge >= 0.3 is 7.60 Å². The van der Waals surface area contributed by atoms with Gasteiger partial charge in [-0.2, -0.15) is 0 Å². The van der Waals surface area contributed by atoms with Gasteiger partial charge in [0.1, 0.15) is 0 Å². The van der Waals surface area contributed by atoms with Gasteiger partial charge in [-0.25, -0.2) is 0 Å². The predicted molar refractivity (Wildman–Crippen MR) is 30.6 cm³/mol. The number of thiocarbonyl (C=S) groups is 1. The summed E-state index contributed by atoms with van der Waals surface area (Å²) in [5, 5.41) is 1.03. The molecule has 5 heteroatoms. The zero-order chi connectivity index (χ0) is 5.91. The van der Waals surface area contributed by atoms with E-state index in [1.165, 1.54) is 0 Å². The van der Waals surface area contributed by atoms with Gasteiger partial charge in [-0.15, -0.1) is 0 Å². The molecule has 0 heterocycles. The van der Waals surface area contributed by atoms with E-state index in [-0.39, 0.29) is 6.16 Å². The molecule has 0 aliphatic heterocycles. The summed E-state index contributed by atoms with van der Waals surface area (Å²) in [4.78, 5) is 16.1. The normalized spacial score (nSPS) is 11.1. The van der Waals surface area contributed by atoms with E-state index in [0.29, 0.717) is 0 Å². The van der Waals surface area contributed by atoms with Crippen LogP contribution in [0.25, 0.3) is 0 Å². The van der Waals surface area contributed by atoms with Gasteiger partial charge in [0.05, 0.1) is 6.16 Å². The van der Waals surface area contributed by atoms with Crippen molar-refractivity contribution in [3.05, 3.63) is 0 Å². The van der Waals surface area contributed by atoms with Crippen molar-refractivity contribution in [2.45, 2.75) is 0 Å². The highest BCUT2D eigenvalue weighted by atomic mass is 32.1. The van der Waals surface area contributed by atoms with Crippen LogP contribution in [0.15, 0.2) is 0 Å². The van der Waals surface area contributed by atoms with Crippen molar-refractivity contribution in [2.75, 3.05) is 6.16 Å². The fraction of sp³-hybridized carbons (Fsp3) is 0.500. The Kier molecular flexibility index (Phi) is 2.61. The lowest BCUT2D eigenvalue weighted by atomic mass is 11.0. The highest BCUT2D eigenvalue weighted by Gasteiger charge is 2.07. The van der Waals surface area contributed by atoms with Crippen LogP contribution in [-0.4, -0.2) is 21.3 Å². The number of hydrogen-bond acceptors (Lipinski definition) is 2. The Hall–Kier alpha value is 0.240. The maximum Gasteiger partial charge on any atom is 0.330 e. The summed E-state index contributed by atoms with van der Waals surface area (Å²) in [6.45, 7) is 0. The summed E-state index contributed by atoms with van der Waals surface area (Å²) in [7, 11) is -3.83.